The van der Waals surface area contributed by atoms with E-state index in [0.717, 1.165) is 6.42 Å². The Balaban J connectivity index is 3.16. The van der Waals surface area contributed by atoms with Crippen LogP contribution in [0.15, 0.2) is 22.8 Å². The summed E-state index contributed by atoms with van der Waals surface area (Å²) in [5.41, 5.74) is 6.40. The number of rotatable bonds is 4. The van der Waals surface area contributed by atoms with Crippen molar-refractivity contribution in [2.45, 2.75) is 33.6 Å². The van der Waals surface area contributed by atoms with Gasteiger partial charge in [-0.15, -0.1) is 0 Å². The van der Waals surface area contributed by atoms with Gasteiger partial charge in [-0.25, -0.2) is 4.79 Å². The summed E-state index contributed by atoms with van der Waals surface area (Å²) < 4.78 is 10.3. The lowest BCUT2D eigenvalue weighted by Crippen LogP contribution is -2.26. The Hall–Kier alpha value is -1.96. The Morgan fingerprint density at radius 3 is 2.72 bits per heavy atom. The molecular weight excluding hydrogens is 232 g/mol. The van der Waals surface area contributed by atoms with Gasteiger partial charge in [-0.05, 0) is 20.3 Å². The number of hydrogen-bond donors (Lipinski definition) is 1. The molecule has 0 spiro atoms. The van der Waals surface area contributed by atoms with Crippen LogP contribution in [0.25, 0.3) is 0 Å². The molecule has 0 aliphatic carbocycles. The molecule has 1 aliphatic heterocycles. The molecule has 0 bridgehead atoms. The van der Waals surface area contributed by atoms with Crippen LogP contribution in [0.1, 0.15) is 33.6 Å². The molecule has 18 heavy (non-hydrogen) atoms. The van der Waals surface area contributed by atoms with Crippen molar-refractivity contribution in [2.24, 2.45) is 11.7 Å². The van der Waals surface area contributed by atoms with Crippen molar-refractivity contribution in [1.82, 2.24) is 0 Å². The molecule has 0 aromatic rings. The van der Waals surface area contributed by atoms with Crippen LogP contribution < -0.4 is 5.73 Å². The number of nitrogens with two attached hydrogens (primary N) is 1. The largest absolute Gasteiger partial charge is 0.463 e. The van der Waals surface area contributed by atoms with Crippen molar-refractivity contribution >= 4 is 5.97 Å². The van der Waals surface area contributed by atoms with Crippen LogP contribution >= 0.6 is 0 Å². The molecule has 1 aliphatic rings. The fourth-order valence-electron chi connectivity index (χ4n) is 2.04. The predicted molar refractivity (Wildman–Crippen MR) is 65.6 cm³/mol. The summed E-state index contributed by atoms with van der Waals surface area (Å²) in [4.78, 5) is 11.9. The van der Waals surface area contributed by atoms with Crippen LogP contribution in [0.2, 0.25) is 0 Å². The number of ether oxygens (including phenoxy) is 2. The molecule has 0 aromatic carbocycles. The van der Waals surface area contributed by atoms with E-state index in [0.29, 0.717) is 23.3 Å². The van der Waals surface area contributed by atoms with Crippen molar-refractivity contribution in [3.63, 3.8) is 0 Å². The Morgan fingerprint density at radius 1 is 1.56 bits per heavy atom. The Labute approximate surface area is 107 Å². The fourth-order valence-corrected chi connectivity index (χ4v) is 2.04. The number of carbonyl (C=O) groups excluding carboxylic acids is 1. The summed E-state index contributed by atoms with van der Waals surface area (Å²) in [5.74, 6) is -0.258. The maximum absolute atomic E-state index is 11.9. The molecule has 5 heteroatoms. The summed E-state index contributed by atoms with van der Waals surface area (Å²) in [6.07, 6.45) is 1.50. The third kappa shape index (κ3) is 2.65. The summed E-state index contributed by atoms with van der Waals surface area (Å²) in [7, 11) is 0. The Kier molecular flexibility index (Phi) is 4.78. The first-order chi connectivity index (χ1) is 8.56. The van der Waals surface area contributed by atoms with E-state index in [2.05, 4.69) is 0 Å². The quantitative estimate of drug-likeness (QED) is 0.771. The molecule has 1 rings (SSSR count). The van der Waals surface area contributed by atoms with E-state index in [4.69, 9.17) is 20.5 Å². The predicted octanol–water partition coefficient (Wildman–Crippen LogP) is 1.96. The van der Waals surface area contributed by atoms with Crippen LogP contribution in [-0.4, -0.2) is 12.6 Å². The van der Waals surface area contributed by atoms with E-state index in [1.807, 2.05) is 13.0 Å². The third-order valence-electron chi connectivity index (χ3n) is 2.80. The van der Waals surface area contributed by atoms with Gasteiger partial charge in [0.2, 0.25) is 5.88 Å². The number of carbonyl (C=O) groups is 1. The van der Waals surface area contributed by atoms with Crippen LogP contribution in [0.3, 0.4) is 0 Å². The lowest BCUT2D eigenvalue weighted by molar-refractivity contribution is -0.139. The second-order valence-electron chi connectivity index (χ2n) is 4.02. The fraction of sp³-hybridized carbons (Fsp3) is 0.538. The van der Waals surface area contributed by atoms with Crippen LogP contribution in [0.5, 0.6) is 0 Å². The zero-order chi connectivity index (χ0) is 13.7. The molecule has 0 saturated heterocycles. The SMILES string of the molecule is CCC[C@H]1C(C#N)=C(N)OC(C)=C1C(=O)OCC. The minimum absolute atomic E-state index is 0.0847. The van der Waals surface area contributed by atoms with Crippen molar-refractivity contribution in [3.05, 3.63) is 22.8 Å². The molecule has 0 aromatic heterocycles. The average Bonchev–Trinajstić information content (AvgIpc) is 2.29. The number of esters is 1. The van der Waals surface area contributed by atoms with Crippen molar-refractivity contribution < 1.29 is 14.3 Å². The van der Waals surface area contributed by atoms with Gasteiger partial charge in [-0.2, -0.15) is 5.26 Å². The molecule has 0 fully saturated rings. The second-order valence-corrected chi connectivity index (χ2v) is 4.02. The highest BCUT2D eigenvalue weighted by Crippen LogP contribution is 2.34. The van der Waals surface area contributed by atoms with E-state index >= 15 is 0 Å². The van der Waals surface area contributed by atoms with Crippen molar-refractivity contribution in [3.8, 4) is 6.07 Å². The van der Waals surface area contributed by atoms with E-state index in [1.165, 1.54) is 0 Å². The average molecular weight is 250 g/mol. The van der Waals surface area contributed by atoms with E-state index in [1.54, 1.807) is 13.8 Å². The Bertz CT molecular complexity index is 444. The molecule has 0 amide bonds. The van der Waals surface area contributed by atoms with Gasteiger partial charge in [0.1, 0.15) is 11.8 Å². The summed E-state index contributed by atoms with van der Waals surface area (Å²) >= 11 is 0. The number of allylic oxidation sites excluding steroid dienone is 2. The molecule has 0 saturated carbocycles. The molecule has 2 N–H and O–H groups in total. The molecule has 1 heterocycles. The number of nitriles is 1. The summed E-state index contributed by atoms with van der Waals surface area (Å²) in [6.45, 7) is 5.67. The molecule has 0 radical (unpaired) electrons. The summed E-state index contributed by atoms with van der Waals surface area (Å²) in [5, 5.41) is 9.13. The highest BCUT2D eigenvalue weighted by atomic mass is 16.5. The summed E-state index contributed by atoms with van der Waals surface area (Å²) in [6, 6.07) is 2.02. The maximum Gasteiger partial charge on any atom is 0.338 e. The second kappa shape index (κ2) is 6.10. The lowest BCUT2D eigenvalue weighted by atomic mass is 9.85. The van der Waals surface area contributed by atoms with Crippen LogP contribution in [0.4, 0.5) is 0 Å². The monoisotopic (exact) mass is 250 g/mol. The minimum atomic E-state index is -0.436. The van der Waals surface area contributed by atoms with Gasteiger partial charge in [0, 0.05) is 5.92 Å². The van der Waals surface area contributed by atoms with Gasteiger partial charge in [0.15, 0.2) is 0 Å². The zero-order valence-corrected chi connectivity index (χ0v) is 10.9. The zero-order valence-electron chi connectivity index (χ0n) is 10.9. The molecule has 5 nitrogen and oxygen atoms in total. The van der Waals surface area contributed by atoms with Gasteiger partial charge in [-0.1, -0.05) is 13.3 Å². The number of hydrogen-bond acceptors (Lipinski definition) is 5. The smallest absolute Gasteiger partial charge is 0.338 e. The van der Waals surface area contributed by atoms with Crippen molar-refractivity contribution in [2.75, 3.05) is 6.61 Å². The van der Waals surface area contributed by atoms with Crippen LogP contribution in [0, 0.1) is 17.2 Å². The highest BCUT2D eigenvalue weighted by Gasteiger charge is 2.34. The molecule has 1 atom stereocenters. The van der Waals surface area contributed by atoms with E-state index < -0.39 is 5.97 Å². The van der Waals surface area contributed by atoms with E-state index in [9.17, 15) is 4.79 Å². The lowest BCUT2D eigenvalue weighted by Gasteiger charge is -2.26. The molecule has 0 unspecified atom stereocenters. The normalized spacial score (nSPS) is 19.3. The standard InChI is InChI=1S/C13H18N2O3/c1-4-6-9-10(7-14)12(15)18-8(3)11(9)13(16)17-5-2/h9H,4-6,15H2,1-3H3/t9-/m0/s1. The molecule has 98 valence electrons. The van der Waals surface area contributed by atoms with E-state index in [-0.39, 0.29) is 18.4 Å². The Morgan fingerprint density at radius 2 is 2.22 bits per heavy atom. The topological polar surface area (TPSA) is 85.3 Å². The van der Waals surface area contributed by atoms with Crippen LogP contribution in [-0.2, 0) is 14.3 Å². The van der Waals surface area contributed by atoms with Gasteiger partial charge in [-0.3, -0.25) is 0 Å². The van der Waals surface area contributed by atoms with Gasteiger partial charge in [0.25, 0.3) is 0 Å². The molecular formula is C13H18N2O3. The minimum Gasteiger partial charge on any atom is -0.463 e. The van der Waals surface area contributed by atoms with Gasteiger partial charge < -0.3 is 15.2 Å². The first kappa shape index (κ1) is 14.1. The first-order valence-corrected chi connectivity index (χ1v) is 6.02. The maximum atomic E-state index is 11.9. The number of nitrogens with zero attached hydrogens (tertiary/aromatic N) is 1. The highest BCUT2D eigenvalue weighted by molar-refractivity contribution is 5.90. The first-order valence-electron chi connectivity index (χ1n) is 6.02. The van der Waals surface area contributed by atoms with Crippen molar-refractivity contribution in [1.29, 1.82) is 5.26 Å². The van der Waals surface area contributed by atoms with Gasteiger partial charge >= 0.3 is 5.97 Å². The third-order valence-corrected chi connectivity index (χ3v) is 2.80. The van der Waals surface area contributed by atoms with Gasteiger partial charge in [0.05, 0.1) is 17.8 Å².